The maximum Gasteiger partial charge on any atom is 0.255 e. The highest BCUT2D eigenvalue weighted by molar-refractivity contribution is 6.11. The fraction of sp³-hybridized carbons (Fsp3) is 0.0286. The summed E-state index contributed by atoms with van der Waals surface area (Å²) in [7, 11) is 0. The number of carbonyl (C=O) groups is 8. The van der Waals surface area contributed by atoms with Gasteiger partial charge in [0, 0.05) is 90.0 Å². The number of hydrogen-bond acceptors (Lipinski definition) is 8. The normalized spacial score (nSPS) is 10.1. The fourth-order valence-corrected chi connectivity index (χ4v) is 8.14. The van der Waals surface area contributed by atoms with Crippen molar-refractivity contribution in [3.63, 3.8) is 0 Å². The van der Waals surface area contributed by atoms with Gasteiger partial charge in [0.25, 0.3) is 47.3 Å². The monoisotopic (exact) mass is 1140 g/mol. The van der Waals surface area contributed by atoms with Crippen LogP contribution in [0.4, 0.5) is 45.5 Å². The minimum absolute atomic E-state index is 0.228. The van der Waals surface area contributed by atoms with Gasteiger partial charge in [-0.15, -0.1) is 0 Å². The van der Waals surface area contributed by atoms with Crippen LogP contribution in [0.25, 0.3) is 0 Å². The van der Waals surface area contributed by atoms with Crippen molar-refractivity contribution in [2.75, 3.05) is 42.5 Å². The van der Waals surface area contributed by atoms with Gasteiger partial charge in [-0.25, -0.2) is 0 Å². The van der Waals surface area contributed by atoms with Crippen molar-refractivity contribution in [1.29, 1.82) is 0 Å². The van der Waals surface area contributed by atoms with Crippen molar-refractivity contribution in [3.8, 4) is 0 Å². The molecule has 0 radical (unpaired) electrons. The van der Waals surface area contributed by atoms with Crippen LogP contribution < -0.4 is 42.5 Å². The van der Waals surface area contributed by atoms with Crippen LogP contribution in [0.2, 0.25) is 0 Å². The predicted octanol–water partition coefficient (Wildman–Crippen LogP) is 14.4. The Morgan fingerprint density at radius 2 is 0.349 bits per heavy atom. The van der Waals surface area contributed by atoms with E-state index in [-0.39, 0.29) is 47.3 Å². The van der Waals surface area contributed by atoms with E-state index >= 15 is 0 Å². The van der Waals surface area contributed by atoms with Gasteiger partial charge >= 0.3 is 0 Å². The molecule has 10 aromatic carbocycles. The third-order valence-corrected chi connectivity index (χ3v) is 12.5. The first-order valence-corrected chi connectivity index (χ1v) is 27.2. The molecule has 0 saturated carbocycles. The van der Waals surface area contributed by atoms with E-state index < -0.39 is 0 Å². The third kappa shape index (κ3) is 17.5. The van der Waals surface area contributed by atoms with E-state index in [2.05, 4.69) is 42.5 Å². The van der Waals surface area contributed by atoms with Crippen LogP contribution in [-0.4, -0.2) is 47.3 Å². The number of carbonyl (C=O) groups excluding carboxylic acids is 8. The molecule has 426 valence electrons. The number of hydrogen-bond donors (Lipinski definition) is 8. The topological polar surface area (TPSA) is 233 Å². The Hall–Kier alpha value is -12.0. The van der Waals surface area contributed by atoms with Gasteiger partial charge in [-0.2, -0.15) is 0 Å². The number of amides is 8. The molecule has 8 N–H and O–H groups in total. The molecule has 0 aliphatic heterocycles. The Kier molecular flexibility index (Phi) is 21.1. The van der Waals surface area contributed by atoms with Crippen molar-refractivity contribution in [1.82, 2.24) is 0 Å². The van der Waals surface area contributed by atoms with E-state index in [4.69, 9.17) is 0 Å². The van der Waals surface area contributed by atoms with Crippen molar-refractivity contribution >= 4 is 92.8 Å². The lowest BCUT2D eigenvalue weighted by Crippen LogP contribution is -2.16. The highest BCUT2D eigenvalue weighted by atomic mass is 16.2. The maximum atomic E-state index is 12.9. The molecule has 10 rings (SSSR count). The largest absolute Gasteiger partial charge is 0.322 e. The Balaban J connectivity index is 0.000000217. The zero-order chi connectivity index (χ0) is 60.6. The van der Waals surface area contributed by atoms with Gasteiger partial charge in [0.15, 0.2) is 0 Å². The molecule has 0 aliphatic carbocycles. The molecule has 0 bridgehead atoms. The average Bonchev–Trinajstić information content (AvgIpc) is 3.70. The Morgan fingerprint density at radius 1 is 0.174 bits per heavy atom. The summed E-state index contributed by atoms with van der Waals surface area (Å²) in [4.78, 5) is 101. The van der Waals surface area contributed by atoms with Crippen LogP contribution in [0.3, 0.4) is 0 Å². The van der Waals surface area contributed by atoms with Crippen molar-refractivity contribution in [2.45, 2.75) is 13.8 Å². The molecular weight excluding hydrogens is 1080 g/mol. The summed E-state index contributed by atoms with van der Waals surface area (Å²) in [5.41, 5.74) is 7.87. The minimum atomic E-state index is -0.385. The lowest BCUT2D eigenvalue weighted by molar-refractivity contribution is 0.101. The predicted molar refractivity (Wildman–Crippen MR) is 339 cm³/mol. The Bertz CT molecular complexity index is 3710. The van der Waals surface area contributed by atoms with Gasteiger partial charge in [0.1, 0.15) is 0 Å². The number of nitrogens with one attached hydrogen (secondary N) is 8. The van der Waals surface area contributed by atoms with Gasteiger partial charge in [-0.1, -0.05) is 98.8 Å². The maximum absolute atomic E-state index is 12.9. The molecule has 0 aliphatic rings. The second-order valence-corrected chi connectivity index (χ2v) is 18.6. The van der Waals surface area contributed by atoms with Crippen LogP contribution in [0.1, 0.15) is 96.7 Å². The molecule has 0 unspecified atom stereocenters. The van der Waals surface area contributed by atoms with Crippen LogP contribution in [0, 0.1) is 0 Å². The summed E-state index contributed by atoms with van der Waals surface area (Å²) in [6.45, 7) is 4.00. The Morgan fingerprint density at radius 3 is 0.616 bits per heavy atom. The summed E-state index contributed by atoms with van der Waals surface area (Å²) in [5, 5.41) is 22.5. The van der Waals surface area contributed by atoms with Crippen LogP contribution in [0.15, 0.2) is 267 Å². The quantitative estimate of drug-likeness (QED) is 0.0462. The van der Waals surface area contributed by atoms with E-state index in [1.54, 1.807) is 212 Å². The fourth-order valence-electron chi connectivity index (χ4n) is 8.14. The summed E-state index contributed by atoms with van der Waals surface area (Å²) >= 11 is 0. The molecule has 8 amide bonds. The molecule has 10 aromatic rings. The van der Waals surface area contributed by atoms with E-state index in [1.807, 2.05) is 62.4 Å². The lowest BCUT2D eigenvalue weighted by atomic mass is 10.1. The smallest absolute Gasteiger partial charge is 0.255 e. The lowest BCUT2D eigenvalue weighted by Gasteiger charge is -2.10. The van der Waals surface area contributed by atoms with Crippen molar-refractivity contribution < 1.29 is 38.4 Å². The van der Waals surface area contributed by atoms with Crippen LogP contribution in [0.5, 0.6) is 0 Å². The molecule has 0 aromatic heterocycles. The van der Waals surface area contributed by atoms with Gasteiger partial charge in [-0.3, -0.25) is 38.4 Å². The number of rotatable bonds is 16. The van der Waals surface area contributed by atoms with E-state index in [1.165, 1.54) is 6.07 Å². The highest BCUT2D eigenvalue weighted by Crippen LogP contribution is 2.22. The van der Waals surface area contributed by atoms with Crippen LogP contribution >= 0.6 is 0 Å². The highest BCUT2D eigenvalue weighted by Gasteiger charge is 2.16. The van der Waals surface area contributed by atoms with Crippen molar-refractivity contribution in [2.24, 2.45) is 0 Å². The summed E-state index contributed by atoms with van der Waals surface area (Å²) in [6.07, 6.45) is 0. The molecule has 16 nitrogen and oxygen atoms in total. The Labute approximate surface area is 496 Å². The average molecular weight is 1140 g/mol. The molecule has 86 heavy (non-hydrogen) atoms. The van der Waals surface area contributed by atoms with Crippen LogP contribution in [-0.2, 0) is 0 Å². The summed E-state index contributed by atoms with van der Waals surface area (Å²) < 4.78 is 0. The van der Waals surface area contributed by atoms with Gasteiger partial charge in [-0.05, 0) is 182 Å². The molecule has 0 heterocycles. The molecule has 0 saturated heterocycles. The SMILES string of the molecule is CC.O=C(Nc1ccc(NC(=O)c2cccc(C(=O)Nc3ccc(NC(=O)c4ccccc4)cc3)c2)cc1)c1ccccc1.O=C(Nc1ccccc1)c1ccc(C(=O)Nc2cccc(NC(=O)c3ccc(C(=O)Nc4ccccc4)cc3)c2)cc1. The molecule has 0 atom stereocenters. The number of anilines is 8. The molecule has 16 heteroatoms. The molecule has 0 spiro atoms. The summed E-state index contributed by atoms with van der Waals surface area (Å²) in [5.74, 6) is -2.51. The van der Waals surface area contributed by atoms with Gasteiger partial charge < -0.3 is 42.5 Å². The zero-order valence-corrected chi connectivity index (χ0v) is 46.7. The number of benzene rings is 10. The second-order valence-electron chi connectivity index (χ2n) is 18.6. The van der Waals surface area contributed by atoms with E-state index in [0.29, 0.717) is 90.0 Å². The molecule has 0 fully saturated rings. The first kappa shape index (κ1) is 60.1. The van der Waals surface area contributed by atoms with Gasteiger partial charge in [0.05, 0.1) is 0 Å². The first-order valence-electron chi connectivity index (χ1n) is 27.2. The van der Waals surface area contributed by atoms with Crippen molar-refractivity contribution in [3.05, 3.63) is 311 Å². The van der Waals surface area contributed by atoms with E-state index in [9.17, 15) is 38.4 Å². The molecular formula is C70H58N8O8. The number of para-hydroxylation sites is 2. The summed E-state index contributed by atoms with van der Waals surface area (Å²) in [6, 6.07) is 75.2. The zero-order valence-electron chi connectivity index (χ0n) is 46.7. The third-order valence-electron chi connectivity index (χ3n) is 12.5. The standard InChI is InChI=1S/2C34H26N4O4.C2H6/c39-31(35-27-8-3-1-4-9-27)23-14-18-25(19-15-23)33(41)37-29-12-7-13-30(22-29)38-34(42)26-20-16-24(17-21-26)32(40)36-28-10-5-2-6-11-28;39-31(23-8-3-1-4-9-23)35-27-14-18-29(19-15-27)37-33(41)25-12-7-13-26(22-25)34(42)38-30-20-16-28(17-21-30)36-32(40)24-10-5-2-6-11-24;1-2/h2*1-22H,(H,35,39)(H,36,40)(H,37,41)(H,38,42);1-2H3. The second kappa shape index (κ2) is 30.1. The minimum Gasteiger partial charge on any atom is -0.322 e. The van der Waals surface area contributed by atoms with E-state index in [0.717, 1.165) is 0 Å². The first-order chi connectivity index (χ1) is 41.9. The van der Waals surface area contributed by atoms with Gasteiger partial charge in [0.2, 0.25) is 0 Å².